The van der Waals surface area contributed by atoms with Crippen molar-refractivity contribution in [2.75, 3.05) is 29.0 Å². The van der Waals surface area contributed by atoms with E-state index in [-0.39, 0.29) is 11.9 Å². The average Bonchev–Trinajstić information content (AvgIpc) is 2.66. The molecule has 0 fully saturated rings. The van der Waals surface area contributed by atoms with Gasteiger partial charge < -0.3 is 21.7 Å². The van der Waals surface area contributed by atoms with E-state index < -0.39 is 0 Å². The van der Waals surface area contributed by atoms with Crippen LogP contribution < -0.4 is 21.7 Å². The molecule has 9 heteroatoms. The van der Waals surface area contributed by atoms with Crippen LogP contribution in [-0.4, -0.2) is 33.0 Å². The molecule has 1 atom stereocenters. The molecule has 3 aromatic rings. The van der Waals surface area contributed by atoms with Gasteiger partial charge in [0.15, 0.2) is 0 Å². The van der Waals surface area contributed by atoms with Crippen LogP contribution in [0.4, 0.5) is 27.8 Å². The van der Waals surface area contributed by atoms with Gasteiger partial charge in [0.25, 0.3) is 0 Å². The second-order valence-electron chi connectivity index (χ2n) is 5.90. The summed E-state index contributed by atoms with van der Waals surface area (Å²) in [7, 11) is 0. The number of benzene rings is 1. The van der Waals surface area contributed by atoms with Crippen molar-refractivity contribution in [1.29, 1.82) is 0 Å². The molecule has 0 bridgehead atoms. The highest BCUT2D eigenvalue weighted by Crippen LogP contribution is 2.26. The van der Waals surface area contributed by atoms with Gasteiger partial charge >= 0.3 is 0 Å². The lowest BCUT2D eigenvalue weighted by Gasteiger charge is -2.29. The minimum Gasteiger partial charge on any atom is -0.383 e. The molecule has 2 heterocycles. The zero-order valence-electron chi connectivity index (χ0n) is 14.9. The Labute approximate surface area is 156 Å². The van der Waals surface area contributed by atoms with Gasteiger partial charge in [-0.1, -0.05) is 12.1 Å². The Balaban J connectivity index is 1.91. The predicted molar refractivity (Wildman–Crippen MR) is 103 cm³/mol. The first kappa shape index (κ1) is 18.5. The molecular weight excluding hydrogens is 347 g/mol. The third kappa shape index (κ3) is 4.64. The van der Waals surface area contributed by atoms with Crippen molar-refractivity contribution in [1.82, 2.24) is 19.9 Å². The van der Waals surface area contributed by atoms with Crippen LogP contribution in [0.25, 0.3) is 0 Å². The van der Waals surface area contributed by atoms with Gasteiger partial charge in [-0.05, 0) is 24.6 Å². The fourth-order valence-electron chi connectivity index (χ4n) is 2.67. The summed E-state index contributed by atoms with van der Waals surface area (Å²) in [5.41, 5.74) is 12.7. The fraction of sp³-hybridized carbons (Fsp3) is 0.222. The Hall–Kier alpha value is -3.33. The fourth-order valence-corrected chi connectivity index (χ4v) is 2.67. The normalized spacial score (nSPS) is 11.8. The average molecular weight is 368 g/mol. The van der Waals surface area contributed by atoms with Gasteiger partial charge in [-0.3, -0.25) is 4.98 Å². The Morgan fingerprint density at radius 2 is 1.93 bits per heavy atom. The number of aromatic nitrogens is 4. The monoisotopic (exact) mass is 368 g/mol. The Bertz CT molecular complexity index is 872. The van der Waals surface area contributed by atoms with Crippen LogP contribution in [0.3, 0.4) is 0 Å². The van der Waals surface area contributed by atoms with Crippen LogP contribution in [0.2, 0.25) is 0 Å². The largest absolute Gasteiger partial charge is 0.383 e. The Kier molecular flexibility index (Phi) is 5.72. The third-order valence-corrected chi connectivity index (χ3v) is 4.00. The summed E-state index contributed by atoms with van der Waals surface area (Å²) in [6.07, 6.45) is 4.74. The van der Waals surface area contributed by atoms with Gasteiger partial charge in [0.2, 0.25) is 5.95 Å². The summed E-state index contributed by atoms with van der Waals surface area (Å²) in [5, 5.41) is 3.06. The smallest absolute Gasteiger partial charge is 0.229 e. The van der Waals surface area contributed by atoms with E-state index in [1.54, 1.807) is 36.8 Å². The van der Waals surface area contributed by atoms with Gasteiger partial charge in [-0.15, -0.1) is 0 Å². The number of nitrogen functional groups attached to an aromatic ring is 1. The quantitative estimate of drug-likeness (QED) is 0.581. The molecule has 27 heavy (non-hydrogen) atoms. The second-order valence-corrected chi connectivity index (χ2v) is 5.90. The van der Waals surface area contributed by atoms with E-state index in [1.807, 2.05) is 11.8 Å². The van der Waals surface area contributed by atoms with Crippen molar-refractivity contribution in [2.24, 2.45) is 5.73 Å². The van der Waals surface area contributed by atoms with Crippen molar-refractivity contribution in [3.63, 3.8) is 0 Å². The molecule has 0 unspecified atom stereocenters. The van der Waals surface area contributed by atoms with E-state index in [0.29, 0.717) is 36.5 Å². The van der Waals surface area contributed by atoms with Crippen LogP contribution in [0.15, 0.2) is 48.9 Å². The lowest BCUT2D eigenvalue weighted by molar-refractivity contribution is 0.620. The minimum atomic E-state index is -0.285. The van der Waals surface area contributed by atoms with Crippen molar-refractivity contribution in [3.05, 3.63) is 60.3 Å². The number of nitrogens with one attached hydrogen (secondary N) is 1. The maximum Gasteiger partial charge on any atom is 0.229 e. The number of halogens is 1. The molecule has 0 aliphatic carbocycles. The van der Waals surface area contributed by atoms with Crippen molar-refractivity contribution >= 4 is 23.4 Å². The SMILES string of the molecule is C[C@@H](c1ccc(F)cc1)N(CCN)c1nc(N)cc(Nc2cnccn2)n1. The first-order chi connectivity index (χ1) is 13.1. The molecule has 8 nitrogen and oxygen atoms in total. The molecule has 0 saturated heterocycles. The molecule has 1 aromatic carbocycles. The third-order valence-electron chi connectivity index (χ3n) is 4.00. The molecule has 140 valence electrons. The maximum absolute atomic E-state index is 13.2. The second kappa shape index (κ2) is 8.37. The summed E-state index contributed by atoms with van der Waals surface area (Å²) < 4.78 is 13.2. The van der Waals surface area contributed by atoms with Crippen molar-refractivity contribution in [3.8, 4) is 0 Å². The minimum absolute atomic E-state index is 0.125. The van der Waals surface area contributed by atoms with E-state index in [0.717, 1.165) is 5.56 Å². The maximum atomic E-state index is 13.2. The van der Waals surface area contributed by atoms with Gasteiger partial charge in [-0.25, -0.2) is 9.37 Å². The van der Waals surface area contributed by atoms with Crippen molar-refractivity contribution in [2.45, 2.75) is 13.0 Å². The lowest BCUT2D eigenvalue weighted by atomic mass is 10.1. The number of rotatable bonds is 7. The highest BCUT2D eigenvalue weighted by atomic mass is 19.1. The van der Waals surface area contributed by atoms with Crippen LogP contribution in [0.5, 0.6) is 0 Å². The number of hydrogen-bond donors (Lipinski definition) is 3. The molecule has 0 saturated carbocycles. The van der Waals surface area contributed by atoms with Crippen molar-refractivity contribution < 1.29 is 4.39 Å². The summed E-state index contributed by atoms with van der Waals surface area (Å²) >= 11 is 0. The van der Waals surface area contributed by atoms with E-state index in [9.17, 15) is 4.39 Å². The van der Waals surface area contributed by atoms with Crippen LogP contribution in [0.1, 0.15) is 18.5 Å². The summed E-state index contributed by atoms with van der Waals surface area (Å²) in [5.74, 6) is 1.47. The van der Waals surface area contributed by atoms with Crippen LogP contribution >= 0.6 is 0 Å². The molecule has 5 N–H and O–H groups in total. The first-order valence-corrected chi connectivity index (χ1v) is 8.46. The predicted octanol–water partition coefficient (Wildman–Crippen LogP) is 2.26. The van der Waals surface area contributed by atoms with Gasteiger partial charge in [0, 0.05) is 31.5 Å². The molecule has 0 aliphatic heterocycles. The zero-order chi connectivity index (χ0) is 19.2. The number of nitrogens with zero attached hydrogens (tertiary/aromatic N) is 5. The Morgan fingerprint density at radius 3 is 2.59 bits per heavy atom. The van der Waals surface area contributed by atoms with Crippen LogP contribution in [0, 0.1) is 5.82 Å². The Morgan fingerprint density at radius 1 is 1.15 bits per heavy atom. The van der Waals surface area contributed by atoms with Gasteiger partial charge in [0.05, 0.1) is 12.2 Å². The van der Waals surface area contributed by atoms with Gasteiger partial charge in [-0.2, -0.15) is 9.97 Å². The van der Waals surface area contributed by atoms with E-state index in [4.69, 9.17) is 11.5 Å². The van der Waals surface area contributed by atoms with Gasteiger partial charge in [0.1, 0.15) is 23.3 Å². The summed E-state index contributed by atoms with van der Waals surface area (Å²) in [6, 6.07) is 7.80. The highest BCUT2D eigenvalue weighted by Gasteiger charge is 2.19. The van der Waals surface area contributed by atoms with E-state index in [1.165, 1.54) is 12.1 Å². The summed E-state index contributed by atoms with van der Waals surface area (Å²) in [6.45, 7) is 2.88. The molecule has 3 rings (SSSR count). The molecule has 0 aliphatic rings. The number of nitrogens with two attached hydrogens (primary N) is 2. The highest BCUT2D eigenvalue weighted by molar-refractivity contribution is 5.57. The zero-order valence-corrected chi connectivity index (χ0v) is 14.9. The first-order valence-electron chi connectivity index (χ1n) is 8.46. The summed E-state index contributed by atoms with van der Waals surface area (Å²) in [4.78, 5) is 19.0. The van der Waals surface area contributed by atoms with Crippen LogP contribution in [-0.2, 0) is 0 Å². The number of anilines is 4. The van der Waals surface area contributed by atoms with E-state index in [2.05, 4.69) is 25.3 Å². The number of hydrogen-bond acceptors (Lipinski definition) is 8. The molecule has 0 radical (unpaired) electrons. The lowest BCUT2D eigenvalue weighted by Crippen LogP contribution is -2.33. The molecular formula is C18H21FN8. The molecule has 2 aromatic heterocycles. The molecule has 0 amide bonds. The molecule has 0 spiro atoms. The van der Waals surface area contributed by atoms with E-state index >= 15 is 0 Å². The standard InChI is InChI=1S/C18H21FN8/c1-12(13-2-4-14(19)5-3-13)27(9-6-20)18-24-15(21)10-16(26-18)25-17-11-22-7-8-23-17/h2-5,7-8,10-12H,6,9,20H2,1H3,(H3,21,23,24,25,26)/t12-/m0/s1. The topological polar surface area (TPSA) is 119 Å².